The molecular weight excluding hydrogens is 172 g/mol. The summed E-state index contributed by atoms with van der Waals surface area (Å²) in [4.78, 5) is 0. The van der Waals surface area contributed by atoms with Crippen LogP contribution in [0, 0.1) is 0 Å². The molecule has 3 atom stereocenters. The van der Waals surface area contributed by atoms with E-state index in [9.17, 15) is 8.42 Å². The lowest BCUT2D eigenvalue weighted by molar-refractivity contribution is 0.583. The molecule has 2 aliphatic heterocycles. The lowest BCUT2D eigenvalue weighted by atomic mass is 10.0. The fourth-order valence-electron chi connectivity index (χ4n) is 1.97. The second-order valence-electron chi connectivity index (χ2n) is 3.08. The van der Waals surface area contributed by atoms with Gasteiger partial charge in [-0.2, -0.15) is 0 Å². The van der Waals surface area contributed by atoms with Crippen LogP contribution in [0.5, 0.6) is 0 Å². The summed E-state index contributed by atoms with van der Waals surface area (Å²) in [5.41, 5.74) is 0. The number of fused-ring (bicyclic) bond motifs is 2. The third-order valence-electron chi connectivity index (χ3n) is 2.55. The lowest BCUT2D eigenvalue weighted by Gasteiger charge is -2.09. The van der Waals surface area contributed by atoms with Crippen molar-refractivity contribution in [1.29, 1.82) is 0 Å². The molecule has 3 unspecified atom stereocenters. The Morgan fingerprint density at radius 3 is 2.20 bits per heavy atom. The Kier molecular flexibility index (Phi) is 1.30. The summed E-state index contributed by atoms with van der Waals surface area (Å²) in [5.74, 6) is 0. The van der Waals surface area contributed by atoms with Crippen LogP contribution in [0.1, 0.15) is 19.3 Å². The predicted octanol–water partition coefficient (Wildman–Crippen LogP) is 0.943. The maximum atomic E-state index is 11.3. The summed E-state index contributed by atoms with van der Waals surface area (Å²) < 4.78 is 22.6. The van der Waals surface area contributed by atoms with Gasteiger partial charge in [-0.15, -0.1) is 11.6 Å². The van der Waals surface area contributed by atoms with Gasteiger partial charge in [0.2, 0.25) is 0 Å². The van der Waals surface area contributed by atoms with Crippen molar-refractivity contribution >= 4 is 21.4 Å². The van der Waals surface area contributed by atoms with Gasteiger partial charge in [0.05, 0.1) is 15.9 Å². The molecule has 2 aliphatic rings. The molecule has 4 heteroatoms. The third-order valence-corrected chi connectivity index (χ3v) is 5.95. The molecule has 0 saturated carbocycles. The highest BCUT2D eigenvalue weighted by Crippen LogP contribution is 2.42. The molecule has 2 rings (SSSR count). The van der Waals surface area contributed by atoms with E-state index in [2.05, 4.69) is 0 Å². The van der Waals surface area contributed by atoms with Crippen molar-refractivity contribution in [1.82, 2.24) is 0 Å². The normalized spacial score (nSPS) is 49.9. The minimum absolute atomic E-state index is 0.0938. The molecule has 2 heterocycles. The zero-order chi connectivity index (χ0) is 7.35. The summed E-state index contributed by atoms with van der Waals surface area (Å²) >= 11 is 5.81. The molecule has 2 saturated heterocycles. The van der Waals surface area contributed by atoms with Crippen LogP contribution in [0.25, 0.3) is 0 Å². The van der Waals surface area contributed by atoms with Gasteiger partial charge in [0, 0.05) is 0 Å². The van der Waals surface area contributed by atoms with Crippen molar-refractivity contribution in [3.05, 3.63) is 0 Å². The van der Waals surface area contributed by atoms with E-state index in [0.717, 1.165) is 12.8 Å². The zero-order valence-corrected chi connectivity index (χ0v) is 7.03. The Labute approximate surface area is 65.5 Å². The van der Waals surface area contributed by atoms with Crippen LogP contribution in [0.3, 0.4) is 0 Å². The first-order valence-corrected chi connectivity index (χ1v) is 5.54. The molecule has 0 radical (unpaired) electrons. The highest BCUT2D eigenvalue weighted by Gasteiger charge is 2.51. The molecule has 0 amide bonds. The second kappa shape index (κ2) is 1.89. The van der Waals surface area contributed by atoms with Crippen LogP contribution in [0.4, 0.5) is 0 Å². The van der Waals surface area contributed by atoms with Crippen molar-refractivity contribution in [2.45, 2.75) is 35.1 Å². The fourth-order valence-corrected chi connectivity index (χ4v) is 5.27. The summed E-state index contributed by atoms with van der Waals surface area (Å²) in [5, 5.41) is -0.400. The maximum Gasteiger partial charge on any atom is 0.157 e. The van der Waals surface area contributed by atoms with Crippen LogP contribution in [0.2, 0.25) is 0 Å². The smallest absolute Gasteiger partial charge is 0.157 e. The molecule has 58 valence electrons. The lowest BCUT2D eigenvalue weighted by Crippen LogP contribution is -2.18. The highest BCUT2D eigenvalue weighted by atomic mass is 35.5. The Balaban J connectivity index is 2.45. The van der Waals surface area contributed by atoms with Crippen molar-refractivity contribution in [2.75, 3.05) is 0 Å². The Hall–Kier alpha value is 0.240. The van der Waals surface area contributed by atoms with E-state index >= 15 is 0 Å². The summed E-state index contributed by atoms with van der Waals surface area (Å²) in [6.07, 6.45) is 2.33. The molecule has 10 heavy (non-hydrogen) atoms. The predicted molar refractivity (Wildman–Crippen MR) is 40.0 cm³/mol. The molecule has 0 aromatic carbocycles. The fraction of sp³-hybridized carbons (Fsp3) is 1.00. The molecule has 0 spiro atoms. The van der Waals surface area contributed by atoms with Crippen LogP contribution in [-0.2, 0) is 9.84 Å². The molecule has 2 bridgehead atoms. The molecule has 0 N–H and O–H groups in total. The van der Waals surface area contributed by atoms with Crippen LogP contribution in [-0.4, -0.2) is 24.3 Å². The van der Waals surface area contributed by atoms with Gasteiger partial charge in [-0.1, -0.05) is 0 Å². The molecule has 0 aliphatic carbocycles. The molecule has 2 fully saturated rings. The number of halogens is 1. The van der Waals surface area contributed by atoms with E-state index in [1.165, 1.54) is 0 Å². The minimum atomic E-state index is -2.77. The standard InChI is InChI=1S/C6H9ClO2S/c7-5-3-4-1-2-6(5)10(4,8)9/h4-6H,1-3H2. The highest BCUT2D eigenvalue weighted by molar-refractivity contribution is 7.93. The van der Waals surface area contributed by atoms with Gasteiger partial charge < -0.3 is 0 Å². The monoisotopic (exact) mass is 180 g/mol. The number of sulfone groups is 1. The van der Waals surface area contributed by atoms with E-state index in [1.807, 2.05) is 0 Å². The van der Waals surface area contributed by atoms with E-state index in [-0.39, 0.29) is 15.9 Å². The van der Waals surface area contributed by atoms with Crippen LogP contribution < -0.4 is 0 Å². The van der Waals surface area contributed by atoms with Gasteiger partial charge >= 0.3 is 0 Å². The van der Waals surface area contributed by atoms with Gasteiger partial charge in [0.25, 0.3) is 0 Å². The minimum Gasteiger partial charge on any atom is -0.228 e. The quantitative estimate of drug-likeness (QED) is 0.520. The van der Waals surface area contributed by atoms with Crippen molar-refractivity contribution in [3.8, 4) is 0 Å². The van der Waals surface area contributed by atoms with E-state index in [4.69, 9.17) is 11.6 Å². The van der Waals surface area contributed by atoms with E-state index in [0.29, 0.717) is 6.42 Å². The number of rotatable bonds is 0. The summed E-state index contributed by atoms with van der Waals surface area (Å²) in [6.45, 7) is 0. The molecule has 0 aromatic rings. The molecule has 0 aromatic heterocycles. The number of alkyl halides is 1. The topological polar surface area (TPSA) is 34.1 Å². The maximum absolute atomic E-state index is 11.3. The average molecular weight is 181 g/mol. The number of hydrogen-bond acceptors (Lipinski definition) is 2. The molecule has 2 nitrogen and oxygen atoms in total. The van der Waals surface area contributed by atoms with E-state index in [1.54, 1.807) is 0 Å². The first-order chi connectivity index (χ1) is 4.62. The third kappa shape index (κ3) is 0.678. The largest absolute Gasteiger partial charge is 0.228 e. The first-order valence-electron chi connectivity index (χ1n) is 3.49. The summed E-state index contributed by atoms with van der Waals surface area (Å²) in [6, 6.07) is 0. The average Bonchev–Trinajstić information content (AvgIpc) is 2.20. The van der Waals surface area contributed by atoms with Crippen molar-refractivity contribution in [3.63, 3.8) is 0 Å². The Morgan fingerprint density at radius 2 is 2.00 bits per heavy atom. The van der Waals surface area contributed by atoms with E-state index < -0.39 is 9.84 Å². The second-order valence-corrected chi connectivity index (χ2v) is 6.09. The molecular formula is C6H9ClO2S. The number of hydrogen-bond donors (Lipinski definition) is 0. The Morgan fingerprint density at radius 1 is 1.30 bits per heavy atom. The van der Waals surface area contributed by atoms with Crippen molar-refractivity contribution in [2.24, 2.45) is 0 Å². The zero-order valence-electron chi connectivity index (χ0n) is 5.46. The van der Waals surface area contributed by atoms with Gasteiger partial charge in [0.15, 0.2) is 9.84 Å². The SMILES string of the molecule is O=S1(=O)C2CCC1C(Cl)C2. The Bertz CT molecular complexity index is 246. The van der Waals surface area contributed by atoms with Crippen LogP contribution in [0.15, 0.2) is 0 Å². The van der Waals surface area contributed by atoms with Crippen molar-refractivity contribution < 1.29 is 8.42 Å². The van der Waals surface area contributed by atoms with Gasteiger partial charge in [-0.05, 0) is 19.3 Å². The summed E-state index contributed by atoms with van der Waals surface area (Å²) in [7, 11) is -2.77. The van der Waals surface area contributed by atoms with Gasteiger partial charge in [-0.25, -0.2) is 8.42 Å². The van der Waals surface area contributed by atoms with Gasteiger partial charge in [0.1, 0.15) is 0 Å². The van der Waals surface area contributed by atoms with Gasteiger partial charge in [-0.3, -0.25) is 0 Å². The first kappa shape index (κ1) is 6.92. The van der Waals surface area contributed by atoms with Crippen LogP contribution >= 0.6 is 11.6 Å².